The van der Waals surface area contributed by atoms with Crippen molar-refractivity contribution in [3.05, 3.63) is 84.2 Å². The number of aryl methyl sites for hydroxylation is 1. The molecule has 0 N–H and O–H groups in total. The molecule has 1 heterocycles. The molecule has 0 aliphatic heterocycles. The fraction of sp³-hybridized carbons (Fsp3) is 0.174. The van der Waals surface area contributed by atoms with Gasteiger partial charge >= 0.3 is 0 Å². The summed E-state index contributed by atoms with van der Waals surface area (Å²) in [4.78, 5) is 4.66. The zero-order valence-electron chi connectivity index (χ0n) is 15.2. The maximum absolute atomic E-state index is 14.4. The number of imidazole rings is 1. The molecule has 0 bridgehead atoms. The van der Waals surface area contributed by atoms with Crippen LogP contribution in [-0.4, -0.2) is 16.2 Å². The zero-order valence-corrected chi connectivity index (χ0v) is 15.2. The molecule has 4 aromatic rings. The minimum atomic E-state index is -0.273. The highest BCUT2D eigenvalue weighted by atomic mass is 19.1. The van der Waals surface area contributed by atoms with E-state index in [1.165, 1.54) is 11.6 Å². The minimum absolute atomic E-state index is 0.273. The van der Waals surface area contributed by atoms with Gasteiger partial charge in [-0.3, -0.25) is 0 Å². The number of ether oxygens (including phenoxy) is 1. The molecule has 4 heteroatoms. The van der Waals surface area contributed by atoms with Gasteiger partial charge in [0.05, 0.1) is 23.1 Å². The first-order valence-electron chi connectivity index (χ1n) is 9.18. The maximum Gasteiger partial charge on any atom is 0.144 e. The van der Waals surface area contributed by atoms with Crippen LogP contribution in [0, 0.1) is 5.82 Å². The smallest absolute Gasteiger partial charge is 0.144 e. The van der Waals surface area contributed by atoms with Gasteiger partial charge < -0.3 is 9.30 Å². The Morgan fingerprint density at radius 1 is 0.926 bits per heavy atom. The molecule has 0 amide bonds. The normalized spacial score (nSPS) is 11.0. The van der Waals surface area contributed by atoms with Crippen LogP contribution in [-0.2, 0) is 13.0 Å². The highest BCUT2D eigenvalue weighted by molar-refractivity contribution is 5.80. The van der Waals surface area contributed by atoms with Gasteiger partial charge in [0.15, 0.2) is 0 Å². The Labute approximate surface area is 158 Å². The summed E-state index contributed by atoms with van der Waals surface area (Å²) in [6.45, 7) is 3.19. The second-order valence-electron chi connectivity index (χ2n) is 6.40. The summed E-state index contributed by atoms with van der Waals surface area (Å²) in [7, 11) is 0. The molecule has 0 saturated heterocycles. The average Bonchev–Trinajstić information content (AvgIpc) is 3.07. The van der Waals surface area contributed by atoms with Crippen molar-refractivity contribution in [1.82, 2.24) is 9.55 Å². The number of rotatable bonds is 6. The summed E-state index contributed by atoms with van der Waals surface area (Å²) in [5.74, 6) is 1.19. The van der Waals surface area contributed by atoms with Gasteiger partial charge in [-0.1, -0.05) is 43.3 Å². The number of aromatic nitrogens is 2. The van der Waals surface area contributed by atoms with Crippen LogP contribution in [0.2, 0.25) is 0 Å². The maximum atomic E-state index is 14.4. The molecule has 0 fully saturated rings. The van der Waals surface area contributed by atoms with Crippen LogP contribution in [0.4, 0.5) is 4.39 Å². The van der Waals surface area contributed by atoms with Crippen molar-refractivity contribution in [2.45, 2.75) is 19.9 Å². The fourth-order valence-corrected chi connectivity index (χ4v) is 3.23. The number of halogens is 1. The molecule has 4 rings (SSSR count). The topological polar surface area (TPSA) is 27.1 Å². The van der Waals surface area contributed by atoms with Crippen molar-refractivity contribution in [3.8, 4) is 17.1 Å². The Hall–Kier alpha value is -3.14. The van der Waals surface area contributed by atoms with Gasteiger partial charge in [0.1, 0.15) is 24.0 Å². The van der Waals surface area contributed by atoms with Crippen molar-refractivity contribution in [3.63, 3.8) is 0 Å². The summed E-state index contributed by atoms with van der Waals surface area (Å²) in [5, 5.41) is 0. The Morgan fingerprint density at radius 3 is 2.44 bits per heavy atom. The third kappa shape index (κ3) is 3.56. The molecule has 3 nitrogen and oxygen atoms in total. The van der Waals surface area contributed by atoms with Crippen LogP contribution in [0.1, 0.15) is 12.5 Å². The van der Waals surface area contributed by atoms with E-state index in [0.717, 1.165) is 23.2 Å². The third-order valence-corrected chi connectivity index (χ3v) is 4.68. The summed E-state index contributed by atoms with van der Waals surface area (Å²) >= 11 is 0. The third-order valence-electron chi connectivity index (χ3n) is 4.68. The molecule has 136 valence electrons. The molecule has 0 unspecified atom stereocenters. The summed E-state index contributed by atoms with van der Waals surface area (Å²) < 4.78 is 22.3. The van der Waals surface area contributed by atoms with E-state index in [-0.39, 0.29) is 5.82 Å². The summed E-state index contributed by atoms with van der Waals surface area (Å²) in [6, 6.07) is 22.7. The lowest BCUT2D eigenvalue weighted by Crippen LogP contribution is -2.10. The Morgan fingerprint density at radius 2 is 1.67 bits per heavy atom. The van der Waals surface area contributed by atoms with Crippen molar-refractivity contribution in [1.29, 1.82) is 0 Å². The molecule has 0 aliphatic rings. The van der Waals surface area contributed by atoms with Crippen LogP contribution in [0.5, 0.6) is 5.75 Å². The van der Waals surface area contributed by atoms with E-state index in [4.69, 9.17) is 4.74 Å². The lowest BCUT2D eigenvalue weighted by atomic mass is 10.2. The van der Waals surface area contributed by atoms with Gasteiger partial charge in [-0.05, 0) is 48.4 Å². The van der Waals surface area contributed by atoms with E-state index in [1.807, 2.05) is 47.0 Å². The quantitative estimate of drug-likeness (QED) is 0.455. The first-order valence-corrected chi connectivity index (χ1v) is 9.18. The number of hydrogen-bond donors (Lipinski definition) is 0. The van der Waals surface area contributed by atoms with Gasteiger partial charge in [-0.2, -0.15) is 0 Å². The summed E-state index contributed by atoms with van der Waals surface area (Å²) in [5.41, 5.74) is 3.61. The highest BCUT2D eigenvalue weighted by Gasteiger charge is 2.15. The molecule has 3 aromatic carbocycles. The van der Waals surface area contributed by atoms with E-state index in [9.17, 15) is 4.39 Å². The van der Waals surface area contributed by atoms with Gasteiger partial charge in [0.25, 0.3) is 0 Å². The van der Waals surface area contributed by atoms with Gasteiger partial charge in [0, 0.05) is 0 Å². The molecule has 0 saturated carbocycles. The Balaban J connectivity index is 1.62. The number of hydrogen-bond acceptors (Lipinski definition) is 2. The van der Waals surface area contributed by atoms with Gasteiger partial charge in [-0.25, -0.2) is 9.37 Å². The zero-order chi connectivity index (χ0) is 18.6. The summed E-state index contributed by atoms with van der Waals surface area (Å²) in [6.07, 6.45) is 1.01. The lowest BCUT2D eigenvalue weighted by molar-refractivity contribution is 0.300. The van der Waals surface area contributed by atoms with Crippen LogP contribution in [0.3, 0.4) is 0 Å². The largest absolute Gasteiger partial charge is 0.492 e. The molecule has 0 radical (unpaired) electrons. The molecular weight excluding hydrogens is 339 g/mol. The van der Waals surface area contributed by atoms with Crippen molar-refractivity contribution in [2.75, 3.05) is 6.61 Å². The predicted octanol–water partition coefficient (Wildman–Crippen LogP) is 5.48. The van der Waals surface area contributed by atoms with Gasteiger partial charge in [0.2, 0.25) is 0 Å². The lowest BCUT2D eigenvalue weighted by Gasteiger charge is -2.11. The SMILES string of the molecule is CCc1ccc(OCCn2c(-c3ccccc3F)nc3ccccc32)cc1. The second kappa shape index (κ2) is 7.62. The molecule has 1 aromatic heterocycles. The van der Waals surface area contributed by atoms with E-state index >= 15 is 0 Å². The van der Waals surface area contributed by atoms with Crippen molar-refractivity contribution >= 4 is 11.0 Å². The average molecular weight is 360 g/mol. The van der Waals surface area contributed by atoms with E-state index in [1.54, 1.807) is 12.1 Å². The molecule has 27 heavy (non-hydrogen) atoms. The highest BCUT2D eigenvalue weighted by Crippen LogP contribution is 2.26. The second-order valence-corrected chi connectivity index (χ2v) is 6.40. The molecule has 0 spiro atoms. The van der Waals surface area contributed by atoms with Crippen LogP contribution in [0.15, 0.2) is 72.8 Å². The van der Waals surface area contributed by atoms with Gasteiger partial charge in [-0.15, -0.1) is 0 Å². The van der Waals surface area contributed by atoms with Crippen molar-refractivity contribution in [2.24, 2.45) is 0 Å². The van der Waals surface area contributed by atoms with E-state index in [2.05, 4.69) is 24.0 Å². The van der Waals surface area contributed by atoms with Crippen molar-refractivity contribution < 1.29 is 9.13 Å². The molecule has 0 atom stereocenters. The number of para-hydroxylation sites is 2. The van der Waals surface area contributed by atoms with E-state index < -0.39 is 0 Å². The first-order chi connectivity index (χ1) is 13.3. The molecular formula is C23H21FN2O. The van der Waals surface area contributed by atoms with Crippen LogP contribution < -0.4 is 4.74 Å². The predicted molar refractivity (Wildman–Crippen MR) is 106 cm³/mol. The Bertz CT molecular complexity index is 1050. The van der Waals surface area contributed by atoms with E-state index in [0.29, 0.717) is 24.5 Å². The number of fused-ring (bicyclic) bond motifs is 1. The monoisotopic (exact) mass is 360 g/mol. The molecule has 0 aliphatic carbocycles. The van der Waals surface area contributed by atoms with Crippen LogP contribution in [0.25, 0.3) is 22.4 Å². The van der Waals surface area contributed by atoms with Crippen LogP contribution >= 0.6 is 0 Å². The fourth-order valence-electron chi connectivity index (χ4n) is 3.23. The Kier molecular flexibility index (Phi) is 4.88. The standard InChI is InChI=1S/C23H21FN2O/c1-2-17-11-13-18(14-12-17)27-16-15-26-22-10-6-5-9-21(22)25-23(26)19-7-3-4-8-20(19)24/h3-14H,2,15-16H2,1H3. The number of nitrogens with zero attached hydrogens (tertiary/aromatic N) is 2. The number of benzene rings is 3. The first kappa shape index (κ1) is 17.3. The minimum Gasteiger partial charge on any atom is -0.492 e.